The van der Waals surface area contributed by atoms with Crippen molar-refractivity contribution in [1.29, 1.82) is 0 Å². The molecule has 0 bridgehead atoms. The summed E-state index contributed by atoms with van der Waals surface area (Å²) < 4.78 is 6.74. The zero-order valence-corrected chi connectivity index (χ0v) is 21.0. The van der Waals surface area contributed by atoms with Crippen molar-refractivity contribution in [3.05, 3.63) is 68.9 Å². The van der Waals surface area contributed by atoms with E-state index in [0.717, 1.165) is 17.7 Å². The second-order valence-electron chi connectivity index (χ2n) is 8.25. The van der Waals surface area contributed by atoms with E-state index in [4.69, 9.17) is 4.74 Å². The first-order valence-electron chi connectivity index (χ1n) is 11.2. The van der Waals surface area contributed by atoms with Crippen molar-refractivity contribution in [3.63, 3.8) is 0 Å². The molecule has 0 saturated carbocycles. The highest BCUT2D eigenvalue weighted by atomic mass is 32.2. The number of aromatic hydroxyl groups is 1. The molecule has 188 valence electrons. The Morgan fingerprint density at radius 1 is 1.33 bits per heavy atom. The van der Waals surface area contributed by atoms with E-state index in [9.17, 15) is 20.0 Å². The third kappa shape index (κ3) is 4.85. The van der Waals surface area contributed by atoms with Crippen molar-refractivity contribution < 1.29 is 19.6 Å². The van der Waals surface area contributed by atoms with Gasteiger partial charge in [-0.25, -0.2) is 4.68 Å². The fraction of sp³-hybridized carbons (Fsp3) is 0.292. The smallest absolute Gasteiger partial charge is 0.315 e. The highest BCUT2D eigenvalue weighted by Gasteiger charge is 2.36. The average Bonchev–Trinajstić information content (AvgIpc) is 3.24. The Morgan fingerprint density at radius 3 is 2.78 bits per heavy atom. The summed E-state index contributed by atoms with van der Waals surface area (Å²) in [6, 6.07) is 9.20. The SMILES string of the molecule is CCCSc1nc2n(n1)C(c1cc(OC)c(O)c([N+](=O)[O-])c1)C(C(=O)Nc1cccc(C)c1)=C(C)N2. The maximum absolute atomic E-state index is 13.6. The van der Waals surface area contributed by atoms with Crippen LogP contribution >= 0.6 is 11.8 Å². The number of benzene rings is 2. The number of nitrogens with zero attached hydrogens (tertiary/aromatic N) is 4. The molecule has 2 heterocycles. The number of allylic oxidation sites excluding steroid dienone is 1. The first-order valence-corrected chi connectivity index (χ1v) is 12.2. The van der Waals surface area contributed by atoms with Crippen LogP contribution in [0.5, 0.6) is 11.5 Å². The summed E-state index contributed by atoms with van der Waals surface area (Å²) in [5.41, 5.74) is 2.20. The number of fused-ring (bicyclic) bond motifs is 1. The minimum absolute atomic E-state index is 0.0870. The van der Waals surface area contributed by atoms with Gasteiger partial charge in [-0.05, 0) is 49.6 Å². The Balaban J connectivity index is 1.87. The van der Waals surface area contributed by atoms with Crippen molar-refractivity contribution in [3.8, 4) is 11.5 Å². The van der Waals surface area contributed by atoms with Gasteiger partial charge in [0.25, 0.3) is 5.91 Å². The Morgan fingerprint density at radius 2 is 2.11 bits per heavy atom. The lowest BCUT2D eigenvalue weighted by Gasteiger charge is -2.29. The molecule has 36 heavy (non-hydrogen) atoms. The van der Waals surface area contributed by atoms with E-state index in [1.807, 2.05) is 32.0 Å². The highest BCUT2D eigenvalue weighted by molar-refractivity contribution is 7.99. The van der Waals surface area contributed by atoms with E-state index in [2.05, 4.69) is 20.7 Å². The normalized spacial score (nSPS) is 14.7. The maximum Gasteiger partial charge on any atom is 0.315 e. The molecule has 1 amide bonds. The molecule has 0 radical (unpaired) electrons. The Kier molecular flexibility index (Phi) is 7.15. The van der Waals surface area contributed by atoms with E-state index in [-0.39, 0.29) is 5.75 Å². The quantitative estimate of drug-likeness (QED) is 0.224. The predicted octanol–water partition coefficient (Wildman–Crippen LogP) is 4.64. The van der Waals surface area contributed by atoms with Gasteiger partial charge < -0.3 is 20.5 Å². The van der Waals surface area contributed by atoms with Crippen LogP contribution in [-0.4, -0.2) is 43.6 Å². The second-order valence-corrected chi connectivity index (χ2v) is 9.31. The zero-order chi connectivity index (χ0) is 26.0. The Hall–Kier alpha value is -4.06. The number of carbonyl (C=O) groups is 1. The first kappa shape index (κ1) is 25.0. The van der Waals surface area contributed by atoms with Gasteiger partial charge in [0.05, 0.1) is 17.6 Å². The monoisotopic (exact) mass is 510 g/mol. The molecule has 2 aromatic carbocycles. The summed E-state index contributed by atoms with van der Waals surface area (Å²) in [6.45, 7) is 5.71. The van der Waals surface area contributed by atoms with Crippen molar-refractivity contribution >= 4 is 35.0 Å². The van der Waals surface area contributed by atoms with Gasteiger partial charge in [0, 0.05) is 23.2 Å². The van der Waals surface area contributed by atoms with Crippen LogP contribution in [0.4, 0.5) is 17.3 Å². The van der Waals surface area contributed by atoms with Gasteiger partial charge in [-0.3, -0.25) is 14.9 Å². The Labute approximate surface area is 211 Å². The van der Waals surface area contributed by atoms with Gasteiger partial charge in [0.1, 0.15) is 6.04 Å². The van der Waals surface area contributed by atoms with E-state index < -0.39 is 28.3 Å². The third-order valence-electron chi connectivity index (χ3n) is 5.60. The molecule has 1 atom stereocenters. The molecule has 1 unspecified atom stereocenters. The van der Waals surface area contributed by atoms with Crippen molar-refractivity contribution in [1.82, 2.24) is 14.8 Å². The molecule has 0 fully saturated rings. The second kappa shape index (κ2) is 10.3. The van der Waals surface area contributed by atoms with Crippen molar-refractivity contribution in [2.24, 2.45) is 0 Å². The lowest BCUT2D eigenvalue weighted by atomic mass is 9.94. The van der Waals surface area contributed by atoms with E-state index in [1.54, 1.807) is 13.0 Å². The maximum atomic E-state index is 13.6. The fourth-order valence-corrected chi connectivity index (χ4v) is 4.66. The third-order valence-corrected chi connectivity index (χ3v) is 6.64. The molecule has 12 heteroatoms. The molecule has 0 saturated heterocycles. The molecule has 3 N–H and O–H groups in total. The van der Waals surface area contributed by atoms with Crippen LogP contribution in [0, 0.1) is 17.0 Å². The lowest BCUT2D eigenvalue weighted by molar-refractivity contribution is -0.386. The van der Waals surface area contributed by atoms with Gasteiger partial charge in [0.2, 0.25) is 16.9 Å². The number of nitro groups is 1. The van der Waals surface area contributed by atoms with Crippen LogP contribution in [0.1, 0.15) is 37.4 Å². The van der Waals surface area contributed by atoms with Crippen LogP contribution in [0.15, 0.2) is 52.8 Å². The molecule has 0 aliphatic carbocycles. The summed E-state index contributed by atoms with van der Waals surface area (Å²) in [6.07, 6.45) is 0.925. The average molecular weight is 511 g/mol. The minimum atomic E-state index is -0.872. The molecule has 3 aromatic rings. The highest BCUT2D eigenvalue weighted by Crippen LogP contribution is 2.43. The summed E-state index contributed by atoms with van der Waals surface area (Å²) in [5, 5.41) is 33.2. The number of aryl methyl sites for hydroxylation is 1. The van der Waals surface area contributed by atoms with E-state index >= 15 is 0 Å². The number of nitro benzene ring substituents is 1. The number of carbonyl (C=O) groups excluding carboxylic acids is 1. The molecule has 0 spiro atoms. The van der Waals surface area contributed by atoms with Gasteiger partial charge >= 0.3 is 5.69 Å². The summed E-state index contributed by atoms with van der Waals surface area (Å²) in [4.78, 5) is 29.2. The van der Waals surface area contributed by atoms with Crippen LogP contribution < -0.4 is 15.4 Å². The number of hydrogen-bond acceptors (Lipinski definition) is 9. The molecule has 1 aliphatic heterocycles. The Bertz CT molecular complexity index is 1370. The number of thioether (sulfide) groups is 1. The minimum Gasteiger partial charge on any atom is -0.500 e. The molecular weight excluding hydrogens is 484 g/mol. The number of rotatable bonds is 8. The van der Waals surface area contributed by atoms with E-state index in [0.29, 0.717) is 33.6 Å². The van der Waals surface area contributed by atoms with Gasteiger partial charge in [-0.1, -0.05) is 30.8 Å². The predicted molar refractivity (Wildman–Crippen MR) is 137 cm³/mol. The fourth-order valence-electron chi connectivity index (χ4n) is 3.98. The lowest BCUT2D eigenvalue weighted by Crippen LogP contribution is -2.31. The summed E-state index contributed by atoms with van der Waals surface area (Å²) in [5.74, 6) is 0.118. The largest absolute Gasteiger partial charge is 0.500 e. The molecule has 1 aliphatic rings. The van der Waals surface area contributed by atoms with Crippen LogP contribution in [-0.2, 0) is 4.79 Å². The number of methoxy groups -OCH3 is 1. The number of ether oxygens (including phenoxy) is 1. The van der Waals surface area contributed by atoms with Crippen molar-refractivity contribution in [2.75, 3.05) is 23.5 Å². The number of phenolic OH excluding ortho intramolecular Hbond substituents is 1. The number of nitrogens with one attached hydrogen (secondary N) is 2. The molecule has 1 aromatic heterocycles. The van der Waals surface area contributed by atoms with Gasteiger partial charge in [-0.2, -0.15) is 4.98 Å². The molecule has 11 nitrogen and oxygen atoms in total. The standard InChI is InChI=1S/C24H26N6O5S/c1-5-9-36-24-27-23-25-14(3)19(22(32)26-16-8-6-7-13(2)10-16)20(29(23)28-24)15-11-17(30(33)34)21(31)18(12-15)35-4/h6-8,10-12,20,31H,5,9H2,1-4H3,(H,26,32)(H,25,27,28). The topological polar surface area (TPSA) is 144 Å². The summed E-state index contributed by atoms with van der Waals surface area (Å²) in [7, 11) is 1.30. The number of hydrogen-bond donors (Lipinski definition) is 3. The number of phenols is 1. The van der Waals surface area contributed by atoms with Crippen LogP contribution in [0.3, 0.4) is 0 Å². The van der Waals surface area contributed by atoms with E-state index in [1.165, 1.54) is 35.7 Å². The van der Waals surface area contributed by atoms with Gasteiger partial charge in [0.15, 0.2) is 5.75 Å². The van der Waals surface area contributed by atoms with Gasteiger partial charge in [-0.15, -0.1) is 5.10 Å². The van der Waals surface area contributed by atoms with Crippen LogP contribution in [0.25, 0.3) is 0 Å². The zero-order valence-electron chi connectivity index (χ0n) is 20.2. The molecule has 4 rings (SSSR count). The molecular formula is C24H26N6O5S. The number of amides is 1. The number of aromatic nitrogens is 3. The first-order chi connectivity index (χ1) is 17.2. The van der Waals surface area contributed by atoms with Crippen LogP contribution in [0.2, 0.25) is 0 Å². The number of anilines is 2. The summed E-state index contributed by atoms with van der Waals surface area (Å²) >= 11 is 1.47. The van der Waals surface area contributed by atoms with Crippen molar-refractivity contribution in [2.45, 2.75) is 38.4 Å².